The number of nitriles is 1. The van der Waals surface area contributed by atoms with Crippen LogP contribution >= 0.6 is 0 Å². The van der Waals surface area contributed by atoms with Gasteiger partial charge in [-0.15, -0.1) is 0 Å². The van der Waals surface area contributed by atoms with Crippen LogP contribution in [0.2, 0.25) is 0 Å². The van der Waals surface area contributed by atoms with Crippen molar-refractivity contribution in [2.75, 3.05) is 5.32 Å². The third kappa shape index (κ3) is 4.35. The predicted octanol–water partition coefficient (Wildman–Crippen LogP) is 3.38. The van der Waals surface area contributed by atoms with Gasteiger partial charge >= 0.3 is 0 Å². The number of nitrogens with zero attached hydrogens (tertiary/aromatic N) is 2. The molecule has 0 saturated heterocycles. The fourth-order valence-electron chi connectivity index (χ4n) is 1.43. The predicted molar refractivity (Wildman–Crippen MR) is 77.4 cm³/mol. The molecular weight excluding hydrogens is 258 g/mol. The molecule has 0 unspecified atom stereocenters. The van der Waals surface area contributed by atoms with Crippen molar-refractivity contribution in [3.8, 4) is 6.07 Å². The van der Waals surface area contributed by atoms with Crippen LogP contribution in [0.25, 0.3) is 0 Å². The second-order valence-electron chi connectivity index (χ2n) is 4.41. The quantitative estimate of drug-likeness (QED) is 0.676. The third-order valence-electron chi connectivity index (χ3n) is 2.51. The molecule has 1 aromatic rings. The number of carbonyl (C=O) groups excluding carboxylic acids is 1. The topological polar surface area (TPSA) is 96.0 Å². The summed E-state index contributed by atoms with van der Waals surface area (Å²) in [7, 11) is 0. The molecule has 0 atom stereocenters. The lowest BCUT2D eigenvalue weighted by molar-refractivity contribution is -0.384. The van der Waals surface area contributed by atoms with Gasteiger partial charge in [0.05, 0.1) is 16.4 Å². The lowest BCUT2D eigenvalue weighted by Gasteiger charge is -2.16. The highest BCUT2D eigenvalue weighted by atomic mass is 16.6. The van der Waals surface area contributed by atoms with E-state index < -0.39 is 10.3 Å². The van der Waals surface area contributed by atoms with E-state index in [0.29, 0.717) is 5.56 Å². The maximum atomic E-state index is 10.9. The van der Waals surface area contributed by atoms with E-state index in [9.17, 15) is 14.9 Å². The molecule has 1 amide bonds. The molecule has 1 N–H and O–H groups in total. The molecular formula is C14H19N3O3. The Morgan fingerprint density at radius 3 is 2.35 bits per heavy atom. The summed E-state index contributed by atoms with van der Waals surface area (Å²) in [5.41, 5.74) is -0.374. The van der Waals surface area contributed by atoms with Crippen molar-refractivity contribution in [3.05, 3.63) is 33.9 Å². The molecule has 108 valence electrons. The highest BCUT2D eigenvalue weighted by Crippen LogP contribution is 2.31. The van der Waals surface area contributed by atoms with E-state index >= 15 is 0 Å². The number of rotatable bonds is 3. The average Bonchev–Trinajstić information content (AvgIpc) is 2.40. The molecule has 0 aliphatic heterocycles. The number of hydrogen-bond acceptors (Lipinski definition) is 4. The Kier molecular flexibility index (Phi) is 6.36. The lowest BCUT2D eigenvalue weighted by atomic mass is 9.86. The zero-order valence-electron chi connectivity index (χ0n) is 12.4. The van der Waals surface area contributed by atoms with Gasteiger partial charge in [0.25, 0.3) is 5.69 Å². The summed E-state index contributed by atoms with van der Waals surface area (Å²) in [5.74, 6) is -0.384. The van der Waals surface area contributed by atoms with Crippen LogP contribution in [0.5, 0.6) is 0 Å². The Morgan fingerprint density at radius 1 is 1.40 bits per heavy atom. The van der Waals surface area contributed by atoms with Crippen molar-refractivity contribution in [1.29, 1.82) is 5.26 Å². The van der Waals surface area contributed by atoms with E-state index in [4.69, 9.17) is 5.26 Å². The van der Waals surface area contributed by atoms with Crippen LogP contribution in [0.3, 0.4) is 0 Å². The number of hydrogen-bond donors (Lipinski definition) is 1. The van der Waals surface area contributed by atoms with E-state index in [1.807, 2.05) is 13.8 Å². The number of anilines is 1. The Morgan fingerprint density at radius 2 is 1.95 bits per heavy atom. The van der Waals surface area contributed by atoms with Crippen LogP contribution in [0, 0.1) is 21.4 Å². The number of nitro benzene ring substituents is 1. The van der Waals surface area contributed by atoms with Gasteiger partial charge in [-0.2, -0.15) is 5.26 Å². The van der Waals surface area contributed by atoms with Crippen LogP contribution in [0.4, 0.5) is 11.4 Å². The summed E-state index contributed by atoms with van der Waals surface area (Å²) in [6.07, 6.45) is 0. The van der Waals surface area contributed by atoms with Crippen LogP contribution < -0.4 is 5.32 Å². The fraction of sp³-hybridized carbons (Fsp3) is 0.429. The van der Waals surface area contributed by atoms with E-state index in [-0.39, 0.29) is 17.3 Å². The maximum Gasteiger partial charge on any atom is 0.293 e. The summed E-state index contributed by atoms with van der Waals surface area (Å²) in [6, 6.07) is 6.43. The molecule has 0 fully saturated rings. The van der Waals surface area contributed by atoms with Gasteiger partial charge in [-0.05, 0) is 25.5 Å². The molecule has 0 aliphatic carbocycles. The van der Waals surface area contributed by atoms with E-state index in [1.165, 1.54) is 19.1 Å². The molecule has 0 radical (unpaired) electrons. The molecule has 20 heavy (non-hydrogen) atoms. The van der Waals surface area contributed by atoms with Crippen molar-refractivity contribution in [2.45, 2.75) is 40.0 Å². The molecule has 1 rings (SSSR count). The van der Waals surface area contributed by atoms with Gasteiger partial charge in [-0.1, -0.05) is 19.9 Å². The van der Waals surface area contributed by atoms with Gasteiger partial charge in [0.15, 0.2) is 0 Å². The molecule has 6 heteroatoms. The number of nitrogens with one attached hydrogen (secondary N) is 1. The first-order chi connectivity index (χ1) is 9.27. The molecule has 1 aromatic carbocycles. The SMILES string of the molecule is CC.CC(=O)Nc1ccc(C(C)(C)C#N)cc1[N+](=O)[O-]. The Labute approximate surface area is 118 Å². The van der Waals surface area contributed by atoms with Crippen LogP contribution in [0.1, 0.15) is 40.2 Å². The minimum Gasteiger partial charge on any atom is -0.321 e. The first-order valence-corrected chi connectivity index (χ1v) is 6.25. The summed E-state index contributed by atoms with van der Waals surface area (Å²) < 4.78 is 0. The number of carbonyl (C=O) groups is 1. The first-order valence-electron chi connectivity index (χ1n) is 6.25. The second-order valence-corrected chi connectivity index (χ2v) is 4.41. The van der Waals surface area contributed by atoms with Gasteiger partial charge in [0.1, 0.15) is 5.69 Å². The van der Waals surface area contributed by atoms with Gasteiger partial charge in [0.2, 0.25) is 5.91 Å². The van der Waals surface area contributed by atoms with Crippen molar-refractivity contribution >= 4 is 17.3 Å². The zero-order valence-corrected chi connectivity index (χ0v) is 12.4. The maximum absolute atomic E-state index is 10.9. The van der Waals surface area contributed by atoms with Crippen molar-refractivity contribution in [2.24, 2.45) is 0 Å². The van der Waals surface area contributed by atoms with Crippen molar-refractivity contribution in [1.82, 2.24) is 0 Å². The number of amides is 1. The molecule has 0 bridgehead atoms. The Bertz CT molecular complexity index is 545. The minimum absolute atomic E-state index is 0.130. The summed E-state index contributed by atoms with van der Waals surface area (Å²) in [5, 5.41) is 22.3. The lowest BCUT2D eigenvalue weighted by Crippen LogP contribution is -2.15. The van der Waals surface area contributed by atoms with E-state index in [1.54, 1.807) is 19.9 Å². The minimum atomic E-state index is -0.820. The largest absolute Gasteiger partial charge is 0.321 e. The monoisotopic (exact) mass is 277 g/mol. The standard InChI is InChI=1S/C12H13N3O3.C2H6/c1-8(16)14-10-5-4-9(12(2,3)7-13)6-11(10)15(17)18;1-2/h4-6H,1-3H3,(H,14,16);1-2H3. The van der Waals surface area contributed by atoms with Gasteiger partial charge in [-0.25, -0.2) is 0 Å². The third-order valence-corrected chi connectivity index (χ3v) is 2.51. The van der Waals surface area contributed by atoms with Gasteiger partial charge < -0.3 is 5.32 Å². The van der Waals surface area contributed by atoms with Gasteiger partial charge in [0, 0.05) is 13.0 Å². The smallest absolute Gasteiger partial charge is 0.293 e. The molecule has 0 heterocycles. The Balaban J connectivity index is 0.00000172. The van der Waals surface area contributed by atoms with E-state index in [2.05, 4.69) is 11.4 Å². The van der Waals surface area contributed by atoms with Crippen LogP contribution in [-0.2, 0) is 10.2 Å². The van der Waals surface area contributed by atoms with Crippen molar-refractivity contribution < 1.29 is 9.72 Å². The molecule has 6 nitrogen and oxygen atoms in total. The summed E-state index contributed by atoms with van der Waals surface area (Å²) in [6.45, 7) is 8.62. The molecule has 0 saturated carbocycles. The van der Waals surface area contributed by atoms with Crippen molar-refractivity contribution in [3.63, 3.8) is 0 Å². The average molecular weight is 277 g/mol. The highest BCUT2D eigenvalue weighted by molar-refractivity contribution is 5.91. The number of benzene rings is 1. The van der Waals surface area contributed by atoms with Crippen LogP contribution in [-0.4, -0.2) is 10.8 Å². The molecule has 0 spiro atoms. The van der Waals surface area contributed by atoms with Gasteiger partial charge in [-0.3, -0.25) is 14.9 Å². The number of nitro groups is 1. The molecule has 0 aliphatic rings. The second kappa shape index (κ2) is 7.24. The first kappa shape index (κ1) is 17.6. The summed E-state index contributed by atoms with van der Waals surface area (Å²) >= 11 is 0. The summed E-state index contributed by atoms with van der Waals surface area (Å²) in [4.78, 5) is 21.3. The highest BCUT2D eigenvalue weighted by Gasteiger charge is 2.24. The normalized spacial score (nSPS) is 9.80. The van der Waals surface area contributed by atoms with E-state index in [0.717, 1.165) is 0 Å². The zero-order chi connectivity index (χ0) is 15.9. The van der Waals surface area contributed by atoms with Crippen LogP contribution in [0.15, 0.2) is 18.2 Å². The fourth-order valence-corrected chi connectivity index (χ4v) is 1.43. The Hall–Kier alpha value is -2.42. The molecule has 0 aromatic heterocycles.